The van der Waals surface area contributed by atoms with Gasteiger partial charge in [-0.15, -0.1) is 0 Å². The fourth-order valence-corrected chi connectivity index (χ4v) is 4.62. The number of hydrogen-bond donors (Lipinski definition) is 3. The minimum absolute atomic E-state index is 0.0676. The van der Waals surface area contributed by atoms with E-state index in [1.807, 2.05) is 92.7 Å². The lowest BCUT2D eigenvalue weighted by atomic mass is 9.96. The molecule has 3 rings (SSSR count). The summed E-state index contributed by atoms with van der Waals surface area (Å²) < 4.78 is 11.0. The normalized spacial score (nSPS) is 12.5. The van der Waals surface area contributed by atoms with Gasteiger partial charge in [-0.2, -0.15) is 0 Å². The molecule has 42 heavy (non-hydrogen) atoms. The molecule has 3 aromatic carbocycles. The van der Waals surface area contributed by atoms with Gasteiger partial charge in [-0.25, -0.2) is 9.59 Å². The van der Waals surface area contributed by atoms with Gasteiger partial charge in [0.25, 0.3) is 0 Å². The number of carbonyl (C=O) groups is 3. The average Bonchev–Trinajstić information content (AvgIpc) is 2.95. The Kier molecular flexibility index (Phi) is 12.0. The molecule has 0 unspecified atom stereocenters. The van der Waals surface area contributed by atoms with Gasteiger partial charge in [0.05, 0.1) is 12.1 Å². The van der Waals surface area contributed by atoms with Crippen molar-refractivity contribution in [1.29, 1.82) is 0 Å². The SMILES string of the molecule is CCc1cccc(CC)c1NC(=O)C[C@H](NC(=O)OCc1ccccc1)[C@H](Cc1ccccc1)NC(=O)OC(C)(C)C. The van der Waals surface area contributed by atoms with E-state index in [0.717, 1.165) is 40.8 Å². The topological polar surface area (TPSA) is 106 Å². The van der Waals surface area contributed by atoms with Crippen LogP contribution in [0.25, 0.3) is 0 Å². The van der Waals surface area contributed by atoms with Crippen LogP contribution in [0.5, 0.6) is 0 Å². The maximum atomic E-state index is 13.5. The summed E-state index contributed by atoms with van der Waals surface area (Å²) >= 11 is 0. The maximum Gasteiger partial charge on any atom is 0.407 e. The molecule has 0 saturated carbocycles. The third kappa shape index (κ3) is 10.6. The maximum absolute atomic E-state index is 13.5. The second-order valence-corrected chi connectivity index (χ2v) is 11.2. The summed E-state index contributed by atoms with van der Waals surface area (Å²) in [4.78, 5) is 39.5. The van der Waals surface area contributed by atoms with Crippen LogP contribution in [0.3, 0.4) is 0 Å². The molecule has 8 nitrogen and oxygen atoms in total. The largest absolute Gasteiger partial charge is 0.445 e. The van der Waals surface area contributed by atoms with E-state index in [0.29, 0.717) is 6.42 Å². The smallest absolute Gasteiger partial charge is 0.407 e. The molecule has 0 fully saturated rings. The van der Waals surface area contributed by atoms with E-state index >= 15 is 0 Å². The molecule has 0 aliphatic carbocycles. The Bertz CT molecular complexity index is 1280. The first kappa shape index (κ1) is 32.2. The predicted octanol–water partition coefficient (Wildman–Crippen LogP) is 6.57. The lowest BCUT2D eigenvalue weighted by Crippen LogP contribution is -2.54. The summed E-state index contributed by atoms with van der Waals surface area (Å²) in [5, 5.41) is 8.84. The van der Waals surface area contributed by atoms with Gasteiger partial charge in [0, 0.05) is 12.1 Å². The number of rotatable bonds is 12. The van der Waals surface area contributed by atoms with Crippen molar-refractivity contribution in [2.24, 2.45) is 0 Å². The second kappa shape index (κ2) is 15.6. The Morgan fingerprint density at radius 3 is 1.81 bits per heavy atom. The third-order valence-corrected chi connectivity index (χ3v) is 6.67. The predicted molar refractivity (Wildman–Crippen MR) is 165 cm³/mol. The van der Waals surface area contributed by atoms with Crippen molar-refractivity contribution < 1.29 is 23.9 Å². The molecule has 0 aliphatic rings. The first-order valence-corrected chi connectivity index (χ1v) is 14.5. The van der Waals surface area contributed by atoms with E-state index in [-0.39, 0.29) is 18.9 Å². The Morgan fingerprint density at radius 2 is 1.26 bits per heavy atom. The van der Waals surface area contributed by atoms with Crippen LogP contribution in [0.4, 0.5) is 15.3 Å². The number of nitrogens with one attached hydrogen (secondary N) is 3. The van der Waals surface area contributed by atoms with Crippen LogP contribution < -0.4 is 16.0 Å². The third-order valence-electron chi connectivity index (χ3n) is 6.67. The van der Waals surface area contributed by atoms with Crippen LogP contribution in [0.1, 0.15) is 63.3 Å². The van der Waals surface area contributed by atoms with E-state index in [4.69, 9.17) is 9.47 Å². The van der Waals surface area contributed by atoms with Gasteiger partial charge in [-0.05, 0) is 62.3 Å². The highest BCUT2D eigenvalue weighted by Crippen LogP contribution is 2.23. The van der Waals surface area contributed by atoms with Crippen molar-refractivity contribution >= 4 is 23.8 Å². The van der Waals surface area contributed by atoms with Crippen molar-refractivity contribution in [1.82, 2.24) is 10.6 Å². The number of anilines is 1. The highest BCUT2D eigenvalue weighted by Gasteiger charge is 2.30. The van der Waals surface area contributed by atoms with Gasteiger partial charge >= 0.3 is 12.2 Å². The van der Waals surface area contributed by atoms with Crippen molar-refractivity contribution in [3.63, 3.8) is 0 Å². The Labute approximate surface area is 249 Å². The van der Waals surface area contributed by atoms with Crippen LogP contribution >= 0.6 is 0 Å². The summed E-state index contributed by atoms with van der Waals surface area (Å²) in [6, 6.07) is 23.4. The summed E-state index contributed by atoms with van der Waals surface area (Å²) in [6.45, 7) is 9.48. The molecule has 0 spiro atoms. The summed E-state index contributed by atoms with van der Waals surface area (Å²) in [7, 11) is 0. The van der Waals surface area contributed by atoms with Gasteiger partial charge in [0.1, 0.15) is 12.2 Å². The Hall–Kier alpha value is -4.33. The minimum Gasteiger partial charge on any atom is -0.445 e. The standard InChI is InChI=1S/C34H43N3O5/c1-6-26-19-14-20-27(7-2)31(26)37-30(38)22-29(35-32(39)41-23-25-17-12-9-13-18-25)28(21-24-15-10-8-11-16-24)36-33(40)42-34(3,4)5/h8-20,28-29H,6-7,21-23H2,1-5H3,(H,35,39)(H,36,40)(H,37,38)/t28-,29-/m0/s1. The van der Waals surface area contributed by atoms with Gasteiger partial charge in [0.2, 0.25) is 5.91 Å². The second-order valence-electron chi connectivity index (χ2n) is 11.2. The number of benzene rings is 3. The molecule has 8 heteroatoms. The Balaban J connectivity index is 1.88. The first-order valence-electron chi connectivity index (χ1n) is 14.5. The number of aryl methyl sites for hydroxylation is 2. The van der Waals surface area contributed by atoms with Crippen LogP contribution in [0.15, 0.2) is 78.9 Å². The molecule has 0 heterocycles. The molecule has 224 valence electrons. The fourth-order valence-electron chi connectivity index (χ4n) is 4.62. The monoisotopic (exact) mass is 573 g/mol. The zero-order valence-electron chi connectivity index (χ0n) is 25.2. The Morgan fingerprint density at radius 1 is 0.714 bits per heavy atom. The number of para-hydroxylation sites is 1. The van der Waals surface area contributed by atoms with E-state index in [2.05, 4.69) is 16.0 Å². The molecule has 2 atom stereocenters. The molecule has 0 saturated heterocycles. The van der Waals surface area contributed by atoms with Crippen LogP contribution in [-0.4, -0.2) is 35.8 Å². The van der Waals surface area contributed by atoms with Gasteiger partial charge in [-0.3, -0.25) is 4.79 Å². The van der Waals surface area contributed by atoms with Crippen LogP contribution in [0, 0.1) is 0 Å². The van der Waals surface area contributed by atoms with E-state index < -0.39 is 29.9 Å². The molecule has 3 aromatic rings. The summed E-state index contributed by atoms with van der Waals surface area (Å²) in [5.41, 5.74) is 3.88. The van der Waals surface area contributed by atoms with Gasteiger partial charge in [0.15, 0.2) is 0 Å². The molecule has 3 N–H and O–H groups in total. The van der Waals surface area contributed by atoms with Crippen LogP contribution in [0.2, 0.25) is 0 Å². The number of alkyl carbamates (subject to hydrolysis) is 2. The average molecular weight is 574 g/mol. The molecule has 0 radical (unpaired) electrons. The molecule has 0 aliphatic heterocycles. The lowest BCUT2D eigenvalue weighted by molar-refractivity contribution is -0.116. The first-order chi connectivity index (χ1) is 20.1. The van der Waals surface area contributed by atoms with Gasteiger partial charge < -0.3 is 25.4 Å². The van der Waals surface area contributed by atoms with Gasteiger partial charge in [-0.1, -0.05) is 92.7 Å². The quantitative estimate of drug-likeness (QED) is 0.227. The number of hydrogen-bond acceptors (Lipinski definition) is 5. The van der Waals surface area contributed by atoms with Crippen molar-refractivity contribution in [3.05, 3.63) is 101 Å². The van der Waals surface area contributed by atoms with E-state index in [1.165, 1.54) is 0 Å². The molecule has 0 bridgehead atoms. The van der Waals surface area contributed by atoms with Crippen molar-refractivity contribution in [3.8, 4) is 0 Å². The molecule has 0 aromatic heterocycles. The van der Waals surface area contributed by atoms with E-state index in [1.54, 1.807) is 20.8 Å². The lowest BCUT2D eigenvalue weighted by Gasteiger charge is -2.30. The number of ether oxygens (including phenoxy) is 2. The zero-order valence-corrected chi connectivity index (χ0v) is 25.2. The minimum atomic E-state index is -0.806. The van der Waals surface area contributed by atoms with Crippen molar-refractivity contribution in [2.75, 3.05) is 5.32 Å². The molecule has 3 amide bonds. The highest BCUT2D eigenvalue weighted by molar-refractivity contribution is 5.93. The molecular weight excluding hydrogens is 530 g/mol. The van der Waals surface area contributed by atoms with Crippen LogP contribution in [-0.2, 0) is 40.1 Å². The van der Waals surface area contributed by atoms with E-state index in [9.17, 15) is 14.4 Å². The summed E-state index contributed by atoms with van der Waals surface area (Å²) in [6.07, 6.45) is 0.431. The summed E-state index contributed by atoms with van der Waals surface area (Å²) in [5.74, 6) is -0.289. The zero-order chi connectivity index (χ0) is 30.5. The van der Waals surface area contributed by atoms with Crippen molar-refractivity contribution in [2.45, 2.75) is 84.6 Å². The molecular formula is C34H43N3O5. The highest BCUT2D eigenvalue weighted by atomic mass is 16.6. The fraction of sp³-hybridized carbons (Fsp3) is 0.382. The number of carbonyl (C=O) groups excluding carboxylic acids is 3. The number of amides is 3.